The van der Waals surface area contributed by atoms with E-state index >= 15 is 0 Å². The molecule has 1 nitrogen and oxygen atoms in total. The van der Waals surface area contributed by atoms with Crippen molar-refractivity contribution in [2.75, 3.05) is 0 Å². The quantitative estimate of drug-likeness (QED) is 0.828. The summed E-state index contributed by atoms with van der Waals surface area (Å²) in [5.41, 5.74) is 2.80. The fourth-order valence-electron chi connectivity index (χ4n) is 2.00. The van der Waals surface area contributed by atoms with Gasteiger partial charge in [-0.3, -0.25) is 0 Å². The van der Waals surface area contributed by atoms with Crippen molar-refractivity contribution in [1.29, 1.82) is 0 Å². The second-order valence-electron chi connectivity index (χ2n) is 4.37. The number of halogens is 1. The third-order valence-corrected chi connectivity index (χ3v) is 4.53. The molecular formula is C15H18ClNS. The molecule has 0 saturated carbocycles. The Morgan fingerprint density at radius 2 is 1.89 bits per heavy atom. The van der Waals surface area contributed by atoms with Crippen molar-refractivity contribution in [2.45, 2.75) is 32.9 Å². The molecule has 0 amide bonds. The maximum atomic E-state index is 5.96. The van der Waals surface area contributed by atoms with Crippen LogP contribution in [0.3, 0.4) is 0 Å². The highest BCUT2D eigenvalue weighted by molar-refractivity contribution is 7.16. The topological polar surface area (TPSA) is 12.0 Å². The van der Waals surface area contributed by atoms with E-state index in [1.165, 1.54) is 16.0 Å². The maximum Gasteiger partial charge on any atom is 0.0931 e. The number of rotatable bonds is 5. The van der Waals surface area contributed by atoms with Crippen LogP contribution in [0.5, 0.6) is 0 Å². The van der Waals surface area contributed by atoms with Gasteiger partial charge in [-0.1, -0.05) is 42.8 Å². The van der Waals surface area contributed by atoms with Gasteiger partial charge in [0, 0.05) is 17.5 Å². The van der Waals surface area contributed by atoms with Crippen LogP contribution in [0.15, 0.2) is 36.4 Å². The highest BCUT2D eigenvalue weighted by Gasteiger charge is 2.08. The fraction of sp³-hybridized carbons (Fsp3) is 0.333. The zero-order valence-corrected chi connectivity index (χ0v) is 12.3. The first-order valence-corrected chi connectivity index (χ1v) is 7.45. The van der Waals surface area contributed by atoms with Crippen LogP contribution >= 0.6 is 22.9 Å². The van der Waals surface area contributed by atoms with Gasteiger partial charge in [-0.05, 0) is 36.6 Å². The molecule has 0 aliphatic rings. The van der Waals surface area contributed by atoms with Crippen LogP contribution in [0.1, 0.15) is 35.9 Å². The molecule has 0 bridgehead atoms. The van der Waals surface area contributed by atoms with E-state index in [1.807, 2.05) is 6.07 Å². The van der Waals surface area contributed by atoms with Gasteiger partial charge in [0.1, 0.15) is 0 Å². The van der Waals surface area contributed by atoms with Gasteiger partial charge in [-0.15, -0.1) is 11.3 Å². The number of thiophene rings is 1. The van der Waals surface area contributed by atoms with Gasteiger partial charge in [0.25, 0.3) is 0 Å². The van der Waals surface area contributed by atoms with Crippen LogP contribution in [-0.2, 0) is 13.0 Å². The monoisotopic (exact) mass is 279 g/mol. The van der Waals surface area contributed by atoms with Crippen LogP contribution in [0, 0.1) is 0 Å². The lowest BCUT2D eigenvalue weighted by Crippen LogP contribution is -2.18. The van der Waals surface area contributed by atoms with Crippen molar-refractivity contribution < 1.29 is 0 Å². The molecule has 1 heterocycles. The Morgan fingerprint density at radius 3 is 2.50 bits per heavy atom. The number of benzene rings is 1. The number of aryl methyl sites for hydroxylation is 1. The Bertz CT molecular complexity index is 507. The summed E-state index contributed by atoms with van der Waals surface area (Å²) >= 11 is 7.60. The van der Waals surface area contributed by atoms with E-state index in [1.54, 1.807) is 11.3 Å². The predicted octanol–water partition coefficient (Wildman–Crippen LogP) is 4.81. The first kappa shape index (κ1) is 13.6. The Kier molecular flexibility index (Phi) is 4.81. The number of hydrogen-bond acceptors (Lipinski definition) is 2. The first-order chi connectivity index (χ1) is 8.70. The lowest BCUT2D eigenvalue weighted by Gasteiger charge is -2.14. The van der Waals surface area contributed by atoms with Crippen molar-refractivity contribution in [2.24, 2.45) is 0 Å². The lowest BCUT2D eigenvalue weighted by molar-refractivity contribution is 0.580. The second kappa shape index (κ2) is 6.37. The summed E-state index contributed by atoms with van der Waals surface area (Å²) in [5, 5.41) is 3.56. The molecule has 1 atom stereocenters. The zero-order valence-electron chi connectivity index (χ0n) is 10.7. The van der Waals surface area contributed by atoms with Crippen LogP contribution in [0.2, 0.25) is 4.34 Å². The van der Waals surface area contributed by atoms with Crippen LogP contribution in [0.25, 0.3) is 0 Å². The van der Waals surface area contributed by atoms with E-state index in [0.29, 0.717) is 6.04 Å². The van der Waals surface area contributed by atoms with Crippen LogP contribution in [-0.4, -0.2) is 0 Å². The molecule has 1 N–H and O–H groups in total. The summed E-state index contributed by atoms with van der Waals surface area (Å²) in [5.74, 6) is 0. The molecule has 1 unspecified atom stereocenters. The molecule has 3 heteroatoms. The second-order valence-corrected chi connectivity index (χ2v) is 6.11. The normalized spacial score (nSPS) is 12.6. The molecule has 1 aromatic heterocycles. The summed E-state index contributed by atoms with van der Waals surface area (Å²) in [6.45, 7) is 5.28. The Morgan fingerprint density at radius 1 is 1.17 bits per heavy atom. The molecule has 0 aliphatic heterocycles. The molecule has 0 radical (unpaired) electrons. The Balaban J connectivity index is 1.99. The Hall–Kier alpha value is -0.830. The van der Waals surface area contributed by atoms with E-state index in [9.17, 15) is 0 Å². The van der Waals surface area contributed by atoms with Gasteiger partial charge >= 0.3 is 0 Å². The molecule has 0 saturated heterocycles. The third kappa shape index (κ3) is 3.35. The molecular weight excluding hydrogens is 262 g/mol. The number of hydrogen-bond donors (Lipinski definition) is 1. The van der Waals surface area contributed by atoms with E-state index < -0.39 is 0 Å². The van der Waals surface area contributed by atoms with Gasteiger partial charge in [0.2, 0.25) is 0 Å². The van der Waals surface area contributed by atoms with Crippen molar-refractivity contribution in [3.63, 3.8) is 0 Å². The molecule has 1 aromatic carbocycles. The summed E-state index contributed by atoms with van der Waals surface area (Å²) in [4.78, 5) is 1.29. The smallest absolute Gasteiger partial charge is 0.0931 e. The van der Waals surface area contributed by atoms with Gasteiger partial charge in [-0.2, -0.15) is 0 Å². The molecule has 0 fully saturated rings. The van der Waals surface area contributed by atoms with Crippen LogP contribution < -0.4 is 5.32 Å². The van der Waals surface area contributed by atoms with E-state index in [4.69, 9.17) is 11.6 Å². The van der Waals surface area contributed by atoms with Crippen LogP contribution in [0.4, 0.5) is 0 Å². The third-order valence-electron chi connectivity index (χ3n) is 3.12. The van der Waals surface area contributed by atoms with Gasteiger partial charge in [-0.25, -0.2) is 0 Å². The molecule has 96 valence electrons. The van der Waals surface area contributed by atoms with E-state index in [-0.39, 0.29) is 0 Å². The average Bonchev–Trinajstić information content (AvgIpc) is 2.83. The zero-order chi connectivity index (χ0) is 13.0. The van der Waals surface area contributed by atoms with Gasteiger partial charge in [0.15, 0.2) is 0 Å². The van der Waals surface area contributed by atoms with Gasteiger partial charge < -0.3 is 5.32 Å². The highest BCUT2D eigenvalue weighted by Crippen LogP contribution is 2.26. The Labute approximate surface area is 118 Å². The number of nitrogens with one attached hydrogen (secondary N) is 1. The SMILES string of the molecule is CCc1ccccc1CNC(C)c1ccc(Cl)s1. The first-order valence-electron chi connectivity index (χ1n) is 6.26. The largest absolute Gasteiger partial charge is 0.305 e. The summed E-state index contributed by atoms with van der Waals surface area (Å²) in [6, 6.07) is 13.0. The minimum absolute atomic E-state index is 0.340. The summed E-state index contributed by atoms with van der Waals surface area (Å²) < 4.78 is 0.854. The summed E-state index contributed by atoms with van der Waals surface area (Å²) in [6.07, 6.45) is 1.08. The standard InChI is InChI=1S/C15H18ClNS/c1-3-12-6-4-5-7-13(12)10-17-11(2)14-8-9-15(16)18-14/h4-9,11,17H,3,10H2,1-2H3. The molecule has 0 aliphatic carbocycles. The van der Waals surface area contributed by atoms with Crippen molar-refractivity contribution >= 4 is 22.9 Å². The van der Waals surface area contributed by atoms with Crippen molar-refractivity contribution in [3.05, 3.63) is 56.7 Å². The minimum Gasteiger partial charge on any atom is -0.305 e. The summed E-state index contributed by atoms with van der Waals surface area (Å²) in [7, 11) is 0. The minimum atomic E-state index is 0.340. The molecule has 2 aromatic rings. The van der Waals surface area contributed by atoms with Crippen molar-refractivity contribution in [3.8, 4) is 0 Å². The van der Waals surface area contributed by atoms with E-state index in [0.717, 1.165) is 17.3 Å². The lowest BCUT2D eigenvalue weighted by atomic mass is 10.1. The molecule has 18 heavy (non-hydrogen) atoms. The fourth-order valence-corrected chi connectivity index (χ4v) is 3.09. The predicted molar refractivity (Wildman–Crippen MR) is 80.4 cm³/mol. The van der Waals surface area contributed by atoms with Gasteiger partial charge in [0.05, 0.1) is 4.34 Å². The molecule has 0 spiro atoms. The van der Waals surface area contributed by atoms with Crippen molar-refractivity contribution in [1.82, 2.24) is 5.32 Å². The molecule has 2 rings (SSSR count). The highest BCUT2D eigenvalue weighted by atomic mass is 35.5. The van der Waals surface area contributed by atoms with E-state index in [2.05, 4.69) is 49.5 Å². The maximum absolute atomic E-state index is 5.96. The average molecular weight is 280 g/mol.